The van der Waals surface area contributed by atoms with Gasteiger partial charge in [0.25, 0.3) is 5.91 Å². The molecule has 1 saturated carbocycles. The molecule has 9 heteroatoms. The second-order valence-electron chi connectivity index (χ2n) is 10.7. The first-order chi connectivity index (χ1) is 17.2. The third kappa shape index (κ3) is 5.46. The number of anilines is 4. The highest BCUT2D eigenvalue weighted by molar-refractivity contribution is 5.99. The van der Waals surface area contributed by atoms with Crippen LogP contribution in [0.1, 0.15) is 60.8 Å². The molecule has 1 amide bonds. The number of halogens is 1. The molecule has 0 bridgehead atoms. The van der Waals surface area contributed by atoms with Gasteiger partial charge in [0.15, 0.2) is 0 Å². The molecular weight excluding hydrogens is 457 g/mol. The number of benzene rings is 1. The van der Waals surface area contributed by atoms with E-state index in [0.717, 1.165) is 48.3 Å². The van der Waals surface area contributed by atoms with Gasteiger partial charge in [-0.05, 0) is 56.1 Å². The first-order valence-electron chi connectivity index (χ1n) is 12.3. The summed E-state index contributed by atoms with van der Waals surface area (Å²) in [5.74, 6) is 0.182. The van der Waals surface area contributed by atoms with E-state index in [9.17, 15) is 9.18 Å². The van der Waals surface area contributed by atoms with Crippen LogP contribution in [0, 0.1) is 5.82 Å². The first-order valence-corrected chi connectivity index (χ1v) is 12.3. The van der Waals surface area contributed by atoms with Crippen molar-refractivity contribution in [3.63, 3.8) is 0 Å². The van der Waals surface area contributed by atoms with Gasteiger partial charge >= 0.3 is 0 Å². The third-order valence-electron chi connectivity index (χ3n) is 6.47. The van der Waals surface area contributed by atoms with Gasteiger partial charge in [0.05, 0.1) is 0 Å². The van der Waals surface area contributed by atoms with Crippen LogP contribution in [0.4, 0.5) is 27.5 Å². The van der Waals surface area contributed by atoms with E-state index in [4.69, 9.17) is 0 Å². The van der Waals surface area contributed by atoms with Crippen LogP contribution in [0.5, 0.6) is 0 Å². The third-order valence-corrected chi connectivity index (χ3v) is 6.47. The fourth-order valence-electron chi connectivity index (χ4n) is 4.20. The van der Waals surface area contributed by atoms with Crippen molar-refractivity contribution in [2.24, 2.45) is 0 Å². The van der Waals surface area contributed by atoms with E-state index in [1.54, 1.807) is 6.20 Å². The summed E-state index contributed by atoms with van der Waals surface area (Å²) in [7, 11) is 1.99. The molecule has 3 aromatic rings. The summed E-state index contributed by atoms with van der Waals surface area (Å²) in [6.07, 6.45) is 5.98. The van der Waals surface area contributed by atoms with Gasteiger partial charge in [-0.15, -0.1) is 0 Å². The molecule has 3 heterocycles. The Bertz CT molecular complexity index is 1300. The van der Waals surface area contributed by atoms with E-state index in [-0.39, 0.29) is 29.1 Å². The van der Waals surface area contributed by atoms with E-state index in [1.807, 2.05) is 25.2 Å². The topological polar surface area (TPSA) is 95.1 Å². The van der Waals surface area contributed by atoms with E-state index >= 15 is 0 Å². The van der Waals surface area contributed by atoms with Crippen LogP contribution in [0.15, 0.2) is 36.7 Å². The van der Waals surface area contributed by atoms with Crippen LogP contribution < -0.4 is 16.0 Å². The molecule has 1 fully saturated rings. The Labute approximate surface area is 210 Å². The second-order valence-corrected chi connectivity index (χ2v) is 10.7. The van der Waals surface area contributed by atoms with Crippen molar-refractivity contribution in [3.05, 3.63) is 64.9 Å². The predicted molar refractivity (Wildman–Crippen MR) is 138 cm³/mol. The van der Waals surface area contributed by atoms with Crippen molar-refractivity contribution in [1.29, 1.82) is 0 Å². The number of likely N-dealkylation sites (N-methyl/N-ethyl adjacent to an activating group) is 1. The molecule has 0 radical (unpaired) electrons. The molecule has 5 rings (SSSR count). The molecule has 3 N–H and O–H groups in total. The molecule has 8 nitrogen and oxygen atoms in total. The molecular formula is C27H32FN7O. The summed E-state index contributed by atoms with van der Waals surface area (Å²) in [6.45, 7) is 7.76. The molecule has 1 aliphatic carbocycles. The van der Waals surface area contributed by atoms with Gasteiger partial charge in [0.2, 0.25) is 5.95 Å². The highest BCUT2D eigenvalue weighted by atomic mass is 19.1. The van der Waals surface area contributed by atoms with Crippen LogP contribution >= 0.6 is 0 Å². The van der Waals surface area contributed by atoms with Gasteiger partial charge in [-0.25, -0.2) is 9.37 Å². The number of carbonyl (C=O) groups excluding carboxylic acids is 1. The van der Waals surface area contributed by atoms with Crippen LogP contribution in [-0.2, 0) is 18.4 Å². The van der Waals surface area contributed by atoms with Gasteiger partial charge in [-0.1, -0.05) is 20.8 Å². The van der Waals surface area contributed by atoms with E-state index in [1.165, 1.54) is 12.3 Å². The van der Waals surface area contributed by atoms with Gasteiger partial charge in [-0.2, -0.15) is 4.98 Å². The zero-order valence-corrected chi connectivity index (χ0v) is 21.2. The number of pyridine rings is 1. The maximum Gasteiger partial charge on any atom is 0.256 e. The van der Waals surface area contributed by atoms with Crippen LogP contribution in [-0.4, -0.2) is 45.4 Å². The smallest absolute Gasteiger partial charge is 0.256 e. The minimum absolute atomic E-state index is 0.131. The molecule has 0 spiro atoms. The monoisotopic (exact) mass is 489 g/mol. The number of hydrogen-bond donors (Lipinski definition) is 3. The Balaban J connectivity index is 1.45. The summed E-state index contributed by atoms with van der Waals surface area (Å²) >= 11 is 0. The molecule has 36 heavy (non-hydrogen) atoms. The van der Waals surface area contributed by atoms with Gasteiger partial charge in [-0.3, -0.25) is 9.78 Å². The van der Waals surface area contributed by atoms with Crippen molar-refractivity contribution >= 4 is 29.0 Å². The van der Waals surface area contributed by atoms with Gasteiger partial charge in [0, 0.05) is 59.6 Å². The summed E-state index contributed by atoms with van der Waals surface area (Å²) < 4.78 is 14.8. The SMILES string of the molecule is CN1CCc2cc(Nc3ncc(C(=O)NC4CC4)c(Nc4ccnc(C(C)(C)C)c4)n3)cc(F)c2C1. The van der Waals surface area contributed by atoms with E-state index in [2.05, 4.69) is 56.6 Å². The Morgan fingerprint density at radius 2 is 1.92 bits per heavy atom. The minimum Gasteiger partial charge on any atom is -0.349 e. The van der Waals surface area contributed by atoms with Crippen molar-refractivity contribution in [3.8, 4) is 0 Å². The Morgan fingerprint density at radius 3 is 2.67 bits per heavy atom. The lowest BCUT2D eigenvalue weighted by Gasteiger charge is -2.26. The van der Waals surface area contributed by atoms with Crippen molar-refractivity contribution < 1.29 is 9.18 Å². The lowest BCUT2D eigenvalue weighted by atomic mass is 9.91. The number of fused-ring (bicyclic) bond motifs is 1. The first kappa shape index (κ1) is 24.1. The zero-order chi connectivity index (χ0) is 25.4. The van der Waals surface area contributed by atoms with E-state index in [0.29, 0.717) is 23.6 Å². The quantitative estimate of drug-likeness (QED) is 0.463. The molecule has 0 saturated heterocycles. The normalized spacial score (nSPS) is 15.8. The Hall–Kier alpha value is -3.59. The van der Waals surface area contributed by atoms with Crippen molar-refractivity contribution in [2.75, 3.05) is 24.2 Å². The standard InChI is InChI=1S/C27H32FN7O/c1-27(2,3)23-13-18(7-9-29-23)31-24-20(25(36)32-17-5-6-17)14-30-26(34-24)33-19-11-16-8-10-35(4)15-21(16)22(28)12-19/h7,9,11-14,17H,5-6,8,10,15H2,1-4H3,(H,32,36)(H2,29,30,31,33,34). The highest BCUT2D eigenvalue weighted by Gasteiger charge is 2.26. The van der Waals surface area contributed by atoms with Crippen molar-refractivity contribution in [2.45, 2.75) is 58.0 Å². The zero-order valence-electron chi connectivity index (χ0n) is 21.2. The van der Waals surface area contributed by atoms with Gasteiger partial charge < -0.3 is 20.9 Å². The predicted octanol–water partition coefficient (Wildman–Crippen LogP) is 4.68. The lowest BCUT2D eigenvalue weighted by molar-refractivity contribution is 0.0951. The molecule has 1 aliphatic heterocycles. The fraction of sp³-hybridized carbons (Fsp3) is 0.407. The largest absolute Gasteiger partial charge is 0.349 e. The summed E-state index contributed by atoms with van der Waals surface area (Å²) in [4.78, 5) is 28.5. The molecule has 1 aromatic carbocycles. The number of rotatable bonds is 6. The molecule has 0 atom stereocenters. The summed E-state index contributed by atoms with van der Waals surface area (Å²) in [5.41, 5.74) is 4.20. The van der Waals surface area contributed by atoms with Gasteiger partial charge in [0.1, 0.15) is 17.2 Å². The van der Waals surface area contributed by atoms with Crippen LogP contribution in [0.2, 0.25) is 0 Å². The average Bonchev–Trinajstić information content (AvgIpc) is 3.63. The van der Waals surface area contributed by atoms with Crippen molar-refractivity contribution in [1.82, 2.24) is 25.2 Å². The maximum absolute atomic E-state index is 14.8. The number of aromatic nitrogens is 3. The molecule has 188 valence electrons. The number of nitrogens with one attached hydrogen (secondary N) is 3. The second kappa shape index (κ2) is 9.46. The molecule has 0 unspecified atom stereocenters. The number of hydrogen-bond acceptors (Lipinski definition) is 7. The minimum atomic E-state index is -0.244. The Kier molecular flexibility index (Phi) is 6.34. The maximum atomic E-state index is 14.8. The summed E-state index contributed by atoms with van der Waals surface area (Å²) in [6, 6.07) is 7.42. The number of amides is 1. The van der Waals surface area contributed by atoms with Crippen LogP contribution in [0.3, 0.4) is 0 Å². The number of nitrogens with zero attached hydrogens (tertiary/aromatic N) is 4. The lowest BCUT2D eigenvalue weighted by Crippen LogP contribution is -2.27. The molecule has 2 aromatic heterocycles. The highest BCUT2D eigenvalue weighted by Crippen LogP contribution is 2.29. The van der Waals surface area contributed by atoms with E-state index < -0.39 is 0 Å². The fourth-order valence-corrected chi connectivity index (χ4v) is 4.20. The van der Waals surface area contributed by atoms with Crippen LogP contribution in [0.25, 0.3) is 0 Å². The number of carbonyl (C=O) groups is 1. The Morgan fingerprint density at radius 1 is 1.11 bits per heavy atom. The molecule has 2 aliphatic rings. The average molecular weight is 490 g/mol. The summed E-state index contributed by atoms with van der Waals surface area (Å²) in [5, 5.41) is 9.41.